The van der Waals surface area contributed by atoms with Crippen LogP contribution in [-0.4, -0.2) is 31.2 Å². The monoisotopic (exact) mass is 409 g/mol. The van der Waals surface area contributed by atoms with E-state index in [4.69, 9.17) is 4.74 Å². The van der Waals surface area contributed by atoms with Crippen molar-refractivity contribution in [3.63, 3.8) is 0 Å². The molecule has 0 bridgehead atoms. The van der Waals surface area contributed by atoms with Gasteiger partial charge in [0.15, 0.2) is 0 Å². The van der Waals surface area contributed by atoms with E-state index in [1.165, 1.54) is 12.1 Å². The van der Waals surface area contributed by atoms with Crippen LogP contribution < -0.4 is 21.3 Å². The van der Waals surface area contributed by atoms with Crippen molar-refractivity contribution < 1.29 is 19.1 Å². The molecule has 2 aromatic carbocycles. The number of nitriles is 1. The Bertz CT molecular complexity index is 997. The summed E-state index contributed by atoms with van der Waals surface area (Å²) in [6.45, 7) is 6.02. The molecule has 0 heterocycles. The predicted molar refractivity (Wildman–Crippen MR) is 114 cm³/mol. The second kappa shape index (κ2) is 10.5. The Kier molecular flexibility index (Phi) is 7.76. The normalized spacial score (nSPS) is 9.80. The van der Waals surface area contributed by atoms with Crippen molar-refractivity contribution in [3.05, 3.63) is 53.1 Å². The Morgan fingerprint density at radius 1 is 1.00 bits per heavy atom. The van der Waals surface area contributed by atoms with Gasteiger partial charge < -0.3 is 20.7 Å². The molecule has 0 unspecified atom stereocenters. The fraction of sp³-hybridized carbons (Fsp3) is 0.238. The van der Waals surface area contributed by atoms with Crippen LogP contribution >= 0.6 is 0 Å². The Morgan fingerprint density at radius 3 is 2.37 bits per heavy atom. The minimum absolute atomic E-state index is 0.170. The molecule has 156 valence electrons. The average molecular weight is 409 g/mol. The Labute approximate surface area is 174 Å². The minimum Gasteiger partial charge on any atom is -0.450 e. The summed E-state index contributed by atoms with van der Waals surface area (Å²) < 4.78 is 4.79. The van der Waals surface area contributed by atoms with Crippen LogP contribution in [0, 0.1) is 18.3 Å². The third-order valence-electron chi connectivity index (χ3n) is 3.98. The molecule has 4 amide bonds. The number of benzene rings is 2. The largest absolute Gasteiger partial charge is 0.450 e. The van der Waals surface area contributed by atoms with Crippen molar-refractivity contribution in [3.8, 4) is 6.07 Å². The second-order valence-electron chi connectivity index (χ2n) is 6.19. The first-order valence-electron chi connectivity index (χ1n) is 9.32. The van der Waals surface area contributed by atoms with Gasteiger partial charge in [-0.2, -0.15) is 5.26 Å². The van der Waals surface area contributed by atoms with Crippen molar-refractivity contribution in [2.75, 3.05) is 29.1 Å². The van der Waals surface area contributed by atoms with E-state index in [0.29, 0.717) is 23.5 Å². The quantitative estimate of drug-likeness (QED) is 0.576. The molecule has 30 heavy (non-hydrogen) atoms. The molecule has 2 rings (SSSR count). The van der Waals surface area contributed by atoms with Gasteiger partial charge in [-0.05, 0) is 62.7 Å². The fourth-order valence-corrected chi connectivity index (χ4v) is 2.59. The summed E-state index contributed by atoms with van der Waals surface area (Å²) in [5.74, 6) is -0.183. The first-order chi connectivity index (χ1) is 14.4. The van der Waals surface area contributed by atoms with Crippen molar-refractivity contribution >= 4 is 35.1 Å². The average Bonchev–Trinajstić information content (AvgIpc) is 2.71. The minimum atomic E-state index is -0.668. The first kappa shape index (κ1) is 22.2. The lowest BCUT2D eigenvalue weighted by atomic mass is 10.1. The molecular formula is C21H23N5O4. The number of anilines is 3. The van der Waals surface area contributed by atoms with Gasteiger partial charge in [0.25, 0.3) is 5.91 Å². The summed E-state index contributed by atoms with van der Waals surface area (Å²) in [7, 11) is 0. The van der Waals surface area contributed by atoms with Crippen molar-refractivity contribution in [1.29, 1.82) is 5.26 Å². The zero-order chi connectivity index (χ0) is 22.1. The Balaban J connectivity index is 2.07. The lowest BCUT2D eigenvalue weighted by Crippen LogP contribution is -2.23. The number of nitrogens with one attached hydrogen (secondary N) is 4. The third-order valence-corrected chi connectivity index (χ3v) is 3.98. The number of rotatable bonds is 6. The van der Waals surface area contributed by atoms with Crippen LogP contribution in [0.25, 0.3) is 0 Å². The maximum Gasteiger partial charge on any atom is 0.411 e. The van der Waals surface area contributed by atoms with Gasteiger partial charge in [-0.1, -0.05) is 0 Å². The molecule has 0 aliphatic rings. The SMILES string of the molecule is CCNC(=O)c1ccc(NC(=O)Nc2ccc(NC(=O)OCC)c(C#N)c2)c(C)c1. The molecule has 9 heteroatoms. The highest BCUT2D eigenvalue weighted by Gasteiger charge is 2.12. The molecule has 0 spiro atoms. The van der Waals surface area contributed by atoms with Crippen LogP contribution in [0.1, 0.15) is 35.3 Å². The molecule has 0 saturated carbocycles. The molecular weight excluding hydrogens is 386 g/mol. The number of nitrogens with zero attached hydrogens (tertiary/aromatic N) is 1. The van der Waals surface area contributed by atoms with Gasteiger partial charge in [0, 0.05) is 23.5 Å². The Hall–Kier alpha value is -4.06. The van der Waals surface area contributed by atoms with E-state index in [0.717, 1.165) is 5.56 Å². The summed E-state index contributed by atoms with van der Waals surface area (Å²) >= 11 is 0. The molecule has 0 aliphatic heterocycles. The molecule has 0 atom stereocenters. The van der Waals surface area contributed by atoms with E-state index in [9.17, 15) is 19.6 Å². The summed E-state index contributed by atoms with van der Waals surface area (Å²) in [5.41, 5.74) is 2.59. The number of carbonyl (C=O) groups is 3. The zero-order valence-electron chi connectivity index (χ0n) is 17.0. The zero-order valence-corrected chi connectivity index (χ0v) is 17.0. The van der Waals surface area contributed by atoms with Crippen LogP contribution in [0.15, 0.2) is 36.4 Å². The second-order valence-corrected chi connectivity index (χ2v) is 6.19. The number of urea groups is 1. The molecule has 0 radical (unpaired) electrons. The highest BCUT2D eigenvalue weighted by Crippen LogP contribution is 2.21. The van der Waals surface area contributed by atoms with Crippen molar-refractivity contribution in [1.82, 2.24) is 5.32 Å². The molecule has 9 nitrogen and oxygen atoms in total. The van der Waals surface area contributed by atoms with E-state index in [2.05, 4.69) is 21.3 Å². The number of hydrogen-bond donors (Lipinski definition) is 4. The summed E-state index contributed by atoms with van der Waals surface area (Å²) in [5, 5.41) is 19.8. The lowest BCUT2D eigenvalue weighted by molar-refractivity contribution is 0.0955. The van der Waals surface area contributed by atoms with Gasteiger partial charge in [0.1, 0.15) is 6.07 Å². The summed E-state index contributed by atoms with van der Waals surface area (Å²) in [6.07, 6.45) is -0.668. The predicted octanol–water partition coefficient (Wildman–Crippen LogP) is 3.83. The summed E-state index contributed by atoms with van der Waals surface area (Å²) in [4.78, 5) is 35.8. The van der Waals surface area contributed by atoms with E-state index in [1.54, 1.807) is 38.1 Å². The maximum atomic E-state index is 12.3. The molecule has 4 N–H and O–H groups in total. The number of ether oxygens (including phenoxy) is 1. The van der Waals surface area contributed by atoms with Crippen LogP contribution in [0.4, 0.5) is 26.7 Å². The number of carbonyl (C=O) groups excluding carboxylic acids is 3. The maximum absolute atomic E-state index is 12.3. The molecule has 0 aliphatic carbocycles. The first-order valence-corrected chi connectivity index (χ1v) is 9.32. The van der Waals surface area contributed by atoms with Crippen molar-refractivity contribution in [2.24, 2.45) is 0 Å². The number of aryl methyl sites for hydroxylation is 1. The molecule has 0 saturated heterocycles. The summed E-state index contributed by atoms with van der Waals surface area (Å²) in [6, 6.07) is 10.9. The highest BCUT2D eigenvalue weighted by molar-refractivity contribution is 6.01. The van der Waals surface area contributed by atoms with Crippen LogP contribution in [0.5, 0.6) is 0 Å². The van der Waals surface area contributed by atoms with Crippen molar-refractivity contribution in [2.45, 2.75) is 20.8 Å². The van der Waals surface area contributed by atoms with Crippen LogP contribution in [-0.2, 0) is 4.74 Å². The highest BCUT2D eigenvalue weighted by atomic mass is 16.5. The topological polar surface area (TPSA) is 132 Å². The fourth-order valence-electron chi connectivity index (χ4n) is 2.59. The van der Waals surface area contributed by atoms with Gasteiger partial charge in [-0.15, -0.1) is 0 Å². The van der Waals surface area contributed by atoms with Gasteiger partial charge >= 0.3 is 12.1 Å². The van der Waals surface area contributed by atoms with E-state index >= 15 is 0 Å². The Morgan fingerprint density at radius 2 is 1.73 bits per heavy atom. The number of amides is 4. The third kappa shape index (κ3) is 5.97. The molecule has 0 aromatic heterocycles. The van der Waals surface area contributed by atoms with Crippen LogP contribution in [0.2, 0.25) is 0 Å². The van der Waals surface area contributed by atoms with E-state index in [-0.39, 0.29) is 23.8 Å². The molecule has 0 fully saturated rings. The van der Waals surface area contributed by atoms with E-state index in [1.807, 2.05) is 13.0 Å². The molecule has 2 aromatic rings. The van der Waals surface area contributed by atoms with Gasteiger partial charge in [0.2, 0.25) is 0 Å². The lowest BCUT2D eigenvalue weighted by Gasteiger charge is -2.12. The van der Waals surface area contributed by atoms with Crippen LogP contribution in [0.3, 0.4) is 0 Å². The number of hydrogen-bond acceptors (Lipinski definition) is 5. The van der Waals surface area contributed by atoms with Gasteiger partial charge in [0.05, 0.1) is 17.9 Å². The standard InChI is InChI=1S/C21H23N5O4/c1-4-23-19(27)14-6-8-17(13(3)10-14)25-20(28)24-16-7-9-18(15(11-16)12-22)26-21(29)30-5-2/h6-11H,4-5H2,1-3H3,(H,23,27)(H,26,29)(H2,24,25,28). The van der Waals surface area contributed by atoms with Gasteiger partial charge in [-0.25, -0.2) is 9.59 Å². The smallest absolute Gasteiger partial charge is 0.411 e. The van der Waals surface area contributed by atoms with Gasteiger partial charge in [-0.3, -0.25) is 10.1 Å². The van der Waals surface area contributed by atoms with E-state index < -0.39 is 12.1 Å².